The molecule has 1 N–H and O–H groups in total. The largest absolute Gasteiger partial charge is 0.505 e. The van der Waals surface area contributed by atoms with Crippen molar-refractivity contribution in [1.82, 2.24) is 19.5 Å². The molecule has 0 amide bonds. The zero-order valence-electron chi connectivity index (χ0n) is 27.3. The van der Waals surface area contributed by atoms with E-state index in [1.165, 1.54) is 24.5 Å². The van der Waals surface area contributed by atoms with Crippen LogP contribution in [0.2, 0.25) is 0 Å². The molecule has 5 atom stereocenters. The first-order valence-corrected chi connectivity index (χ1v) is 17.1. The van der Waals surface area contributed by atoms with Crippen LogP contribution >= 0.6 is 8.03 Å². The zero-order valence-corrected chi connectivity index (χ0v) is 28.2. The Morgan fingerprint density at radius 3 is 2.18 bits per heavy atom. The summed E-state index contributed by atoms with van der Waals surface area (Å²) < 4.78 is 67.7. The second-order valence-electron chi connectivity index (χ2n) is 11.5. The number of halogens is 2. The minimum atomic E-state index is -2.80. The van der Waals surface area contributed by atoms with Crippen LogP contribution in [0.5, 0.6) is 11.6 Å². The van der Waals surface area contributed by atoms with E-state index in [0.29, 0.717) is 5.75 Å². The number of benzene rings is 3. The summed E-state index contributed by atoms with van der Waals surface area (Å²) in [4.78, 5) is 17.4. The molecule has 0 spiro atoms. The molecular formula is C35H35F2N6O5P+2. The molecule has 11 nitrogen and oxygen atoms in total. The fourth-order valence-corrected chi connectivity index (χ4v) is 6.47. The van der Waals surface area contributed by atoms with Crippen molar-refractivity contribution < 1.29 is 32.1 Å². The zero-order chi connectivity index (χ0) is 34.8. The van der Waals surface area contributed by atoms with Crippen molar-refractivity contribution in [3.8, 4) is 18.2 Å². The van der Waals surface area contributed by atoms with E-state index in [2.05, 4.69) is 15.1 Å². The fourth-order valence-electron chi connectivity index (χ4n) is 6.11. The van der Waals surface area contributed by atoms with Crippen LogP contribution in [0.4, 0.5) is 14.7 Å². The second-order valence-corrected chi connectivity index (χ2v) is 12.6. The van der Waals surface area contributed by atoms with Crippen LogP contribution in [0.1, 0.15) is 36.8 Å². The summed E-state index contributed by atoms with van der Waals surface area (Å²) in [7, 11) is -0.606. The van der Waals surface area contributed by atoms with Crippen LogP contribution in [0.15, 0.2) is 91.3 Å². The Hall–Kier alpha value is -5.02. The summed E-state index contributed by atoms with van der Waals surface area (Å²) in [6, 6.07) is 27.1. The third kappa shape index (κ3) is 5.97. The number of methoxy groups -OCH3 is 1. The van der Waals surface area contributed by atoms with Crippen LogP contribution in [-0.2, 0) is 19.4 Å². The number of nitrogens with zero attached hydrogens (tertiary/aromatic N) is 5. The van der Waals surface area contributed by atoms with Gasteiger partial charge < -0.3 is 19.5 Å². The second kappa shape index (κ2) is 13.5. The van der Waals surface area contributed by atoms with Crippen molar-refractivity contribution in [1.29, 1.82) is 0 Å². The number of hydrogen-bond acceptors (Lipinski definition) is 9. The van der Waals surface area contributed by atoms with Gasteiger partial charge in [0.2, 0.25) is 11.8 Å². The Balaban J connectivity index is 1.55. The van der Waals surface area contributed by atoms with Crippen LogP contribution in [0, 0.1) is 12.5 Å². The monoisotopic (exact) mass is 688 g/mol. The normalized spacial score (nSPS) is 22.4. The van der Waals surface area contributed by atoms with Crippen molar-refractivity contribution in [2.45, 2.75) is 37.3 Å². The van der Waals surface area contributed by atoms with E-state index in [1.807, 2.05) is 84.9 Å². The van der Waals surface area contributed by atoms with E-state index in [1.54, 1.807) is 14.0 Å². The molecule has 1 aliphatic rings. The van der Waals surface area contributed by atoms with E-state index in [-0.39, 0.29) is 29.6 Å². The number of imidazole rings is 1. The maximum Gasteiger partial charge on any atom is 0.505 e. The lowest BCUT2D eigenvalue weighted by molar-refractivity contribution is -0.186. The number of anilines is 1. The van der Waals surface area contributed by atoms with E-state index < -0.39 is 44.0 Å². The third-order valence-corrected chi connectivity index (χ3v) is 9.20. The van der Waals surface area contributed by atoms with E-state index in [0.717, 1.165) is 16.7 Å². The smallest absolute Gasteiger partial charge is 0.497 e. The quantitative estimate of drug-likeness (QED) is 0.0810. The molecular weight excluding hydrogens is 653 g/mol. The number of ether oxygens (including phenoxy) is 3. The topological polar surface area (TPSA) is 114 Å². The summed E-state index contributed by atoms with van der Waals surface area (Å²) >= 11 is 0. The molecule has 3 aromatic carbocycles. The molecule has 49 heavy (non-hydrogen) atoms. The van der Waals surface area contributed by atoms with E-state index in [4.69, 9.17) is 35.3 Å². The number of rotatable bonds is 12. The molecule has 1 saturated heterocycles. The minimum absolute atomic E-state index is 0.0558. The number of aromatic nitrogens is 4. The molecule has 3 heterocycles. The molecule has 0 aliphatic carbocycles. The molecule has 1 unspecified atom stereocenters. The molecule has 14 heteroatoms. The van der Waals surface area contributed by atoms with Gasteiger partial charge in [0.15, 0.2) is 24.4 Å². The van der Waals surface area contributed by atoms with Gasteiger partial charge in [-0.2, -0.15) is 9.97 Å². The van der Waals surface area contributed by atoms with Crippen molar-refractivity contribution in [3.63, 3.8) is 0 Å². The van der Waals surface area contributed by atoms with Crippen molar-refractivity contribution in [2.24, 2.45) is 5.92 Å². The Labute approximate surface area is 282 Å². The molecule has 252 valence electrons. The van der Waals surface area contributed by atoms with Gasteiger partial charge in [0.25, 0.3) is 18.7 Å². The lowest BCUT2D eigenvalue weighted by Crippen LogP contribution is -2.39. The highest BCUT2D eigenvalue weighted by atomic mass is 31.1. The molecule has 6 rings (SSSR count). The highest BCUT2D eigenvalue weighted by Crippen LogP contribution is 2.54. The van der Waals surface area contributed by atoms with Gasteiger partial charge in [-0.05, 0) is 52.1 Å². The van der Waals surface area contributed by atoms with Crippen molar-refractivity contribution >= 4 is 25.1 Å². The van der Waals surface area contributed by atoms with Gasteiger partial charge in [-0.1, -0.05) is 72.8 Å². The summed E-state index contributed by atoms with van der Waals surface area (Å²) in [6.45, 7) is 9.27. The maximum atomic E-state index is 16.6. The fraction of sp³-hybridized carbons (Fsp3) is 0.314. The maximum absolute atomic E-state index is 16.6. The first-order chi connectivity index (χ1) is 23.6. The number of nitrogens with one attached hydrogen (secondary N) is 1. The van der Waals surface area contributed by atoms with Gasteiger partial charge >= 0.3 is 13.8 Å². The SMILES string of the molecule is C#[N+][C@]1(F)[C@H](n2cnc3c(OCC)nc(NC(c4ccccc4)(c4ccccc4)c4ccc(OC)cc4)nc32)O[C@](F)(CO[P+](C)=O)[C@H]1C. The Bertz CT molecular complexity index is 1960. The van der Waals surface area contributed by atoms with Gasteiger partial charge in [0.1, 0.15) is 17.2 Å². The van der Waals surface area contributed by atoms with Gasteiger partial charge in [0, 0.05) is 0 Å². The van der Waals surface area contributed by atoms with Gasteiger partial charge in [0.05, 0.1) is 20.0 Å². The Morgan fingerprint density at radius 2 is 1.63 bits per heavy atom. The molecule has 5 aromatic rings. The molecule has 2 aromatic heterocycles. The third-order valence-electron chi connectivity index (χ3n) is 8.71. The van der Waals surface area contributed by atoms with Gasteiger partial charge in [-0.3, -0.25) is 4.57 Å². The number of fused-ring (bicyclic) bond motifs is 1. The van der Waals surface area contributed by atoms with Gasteiger partial charge in [-0.15, -0.1) is 8.91 Å². The number of alkyl halides is 2. The predicted molar refractivity (Wildman–Crippen MR) is 181 cm³/mol. The summed E-state index contributed by atoms with van der Waals surface area (Å²) in [6.07, 6.45) is -0.534. The van der Waals surface area contributed by atoms with Crippen LogP contribution < -0.4 is 14.8 Å². The highest BCUT2D eigenvalue weighted by molar-refractivity contribution is 7.38. The molecule has 1 aliphatic heterocycles. The molecule has 0 bridgehead atoms. The first kappa shape index (κ1) is 33.9. The minimum Gasteiger partial charge on any atom is -0.497 e. The predicted octanol–water partition coefficient (Wildman–Crippen LogP) is 7.49. The summed E-state index contributed by atoms with van der Waals surface area (Å²) in [5.41, 5.74) is 1.69. The van der Waals surface area contributed by atoms with Gasteiger partial charge in [-0.25, -0.2) is 9.37 Å². The van der Waals surface area contributed by atoms with Crippen LogP contribution in [0.3, 0.4) is 0 Å². The molecule has 0 saturated carbocycles. The molecule has 0 radical (unpaired) electrons. The average molecular weight is 689 g/mol. The van der Waals surface area contributed by atoms with Crippen molar-refractivity contribution in [2.75, 3.05) is 32.3 Å². The lowest BCUT2D eigenvalue weighted by Gasteiger charge is -2.37. The Morgan fingerprint density at radius 1 is 1.02 bits per heavy atom. The van der Waals surface area contributed by atoms with Crippen molar-refractivity contribution in [3.05, 3.63) is 113 Å². The lowest BCUT2D eigenvalue weighted by atomic mass is 9.77. The summed E-state index contributed by atoms with van der Waals surface area (Å²) in [5, 5.41) is 3.58. The van der Waals surface area contributed by atoms with E-state index in [9.17, 15) is 4.57 Å². The molecule has 1 fully saturated rings. The highest BCUT2D eigenvalue weighted by Gasteiger charge is 2.74. The standard InChI is InChI=1S/C35H35F2N6O5P/c1-6-46-30-28-29(43(22-39-28)31-35(37,38-3)23(2)33(36,48-31)21-47-49(5)44)40-32(41-30)42-34(24-13-9-7-10-14-24,25-15-11-8-12-16-25)26-17-19-27(45-4)20-18-26/h3,7-20,22-23,31H,6,21H2,1-2,4-5H3,(H,40,41,42)/q+2/t23-,31-,33-,35+/m1/s1. The van der Waals surface area contributed by atoms with Crippen LogP contribution in [0.25, 0.3) is 16.0 Å². The first-order valence-electron chi connectivity index (χ1n) is 15.5. The summed E-state index contributed by atoms with van der Waals surface area (Å²) in [5.74, 6) is -6.25. The number of hydrogen-bond donors (Lipinski definition) is 1. The van der Waals surface area contributed by atoms with Crippen LogP contribution in [-0.4, -0.2) is 58.2 Å². The Kier molecular flexibility index (Phi) is 9.31. The average Bonchev–Trinajstić information content (AvgIpc) is 3.64. The van der Waals surface area contributed by atoms with E-state index >= 15 is 8.78 Å².